The molecule has 1 aromatic rings. The number of carbonyl (C=O) groups is 1. The van der Waals surface area contributed by atoms with Crippen molar-refractivity contribution in [1.29, 1.82) is 0 Å². The van der Waals surface area contributed by atoms with E-state index in [0.717, 1.165) is 13.0 Å². The van der Waals surface area contributed by atoms with Crippen molar-refractivity contribution in [3.05, 3.63) is 29.1 Å². The van der Waals surface area contributed by atoms with Crippen LogP contribution < -0.4 is 0 Å². The van der Waals surface area contributed by atoms with E-state index in [1.807, 2.05) is 0 Å². The smallest absolute Gasteiger partial charge is 0.298 e. The molecule has 0 saturated heterocycles. The molecule has 82 valence electrons. The summed E-state index contributed by atoms with van der Waals surface area (Å²) in [5, 5.41) is 0. The van der Waals surface area contributed by atoms with E-state index >= 15 is 0 Å². The van der Waals surface area contributed by atoms with Crippen molar-refractivity contribution in [2.75, 3.05) is 0 Å². The zero-order valence-corrected chi connectivity index (χ0v) is 7.68. The van der Waals surface area contributed by atoms with Crippen LogP contribution >= 0.6 is 0 Å². The summed E-state index contributed by atoms with van der Waals surface area (Å²) < 4.78 is 49.4. The molecule has 2 nitrogen and oxygen atoms in total. The Bertz CT molecular complexity index is 373. The van der Waals surface area contributed by atoms with E-state index in [1.54, 1.807) is 0 Å². The quantitative estimate of drug-likeness (QED) is 0.567. The van der Waals surface area contributed by atoms with Crippen LogP contribution in [0.15, 0.2) is 12.1 Å². The SMILES string of the molecule is C[C@@H](F)c1nc(C(F)(F)F)ccc1C=O. The van der Waals surface area contributed by atoms with E-state index < -0.39 is 23.7 Å². The number of pyridine rings is 1. The number of nitrogens with zero attached hydrogens (tertiary/aromatic N) is 1. The highest BCUT2D eigenvalue weighted by atomic mass is 19.4. The van der Waals surface area contributed by atoms with Crippen molar-refractivity contribution in [2.45, 2.75) is 19.3 Å². The van der Waals surface area contributed by atoms with Crippen molar-refractivity contribution < 1.29 is 22.4 Å². The van der Waals surface area contributed by atoms with Crippen LogP contribution in [0, 0.1) is 0 Å². The molecule has 0 saturated carbocycles. The van der Waals surface area contributed by atoms with E-state index in [9.17, 15) is 22.4 Å². The van der Waals surface area contributed by atoms with Crippen molar-refractivity contribution in [1.82, 2.24) is 4.98 Å². The number of hydrogen-bond acceptors (Lipinski definition) is 2. The number of rotatable bonds is 2. The molecular formula is C9H7F4NO. The van der Waals surface area contributed by atoms with Gasteiger partial charge in [0.05, 0.1) is 5.69 Å². The van der Waals surface area contributed by atoms with Crippen LogP contribution in [0.3, 0.4) is 0 Å². The van der Waals surface area contributed by atoms with E-state index in [1.165, 1.54) is 0 Å². The maximum atomic E-state index is 12.9. The van der Waals surface area contributed by atoms with Gasteiger partial charge in [-0.05, 0) is 19.1 Å². The van der Waals surface area contributed by atoms with Gasteiger partial charge in [0.1, 0.15) is 11.9 Å². The summed E-state index contributed by atoms with van der Waals surface area (Å²) in [7, 11) is 0. The molecule has 15 heavy (non-hydrogen) atoms. The Balaban J connectivity index is 3.28. The van der Waals surface area contributed by atoms with Crippen LogP contribution in [0.4, 0.5) is 17.6 Å². The first-order valence-electron chi connectivity index (χ1n) is 4.03. The minimum atomic E-state index is -4.63. The molecule has 1 heterocycles. The lowest BCUT2D eigenvalue weighted by Crippen LogP contribution is -2.11. The summed E-state index contributed by atoms with van der Waals surface area (Å²) >= 11 is 0. The number of hydrogen-bond donors (Lipinski definition) is 0. The highest BCUT2D eigenvalue weighted by Crippen LogP contribution is 2.29. The van der Waals surface area contributed by atoms with Gasteiger partial charge in [-0.15, -0.1) is 0 Å². The van der Waals surface area contributed by atoms with Crippen molar-refractivity contribution in [3.63, 3.8) is 0 Å². The predicted octanol–water partition coefficient (Wildman–Crippen LogP) is 2.94. The zero-order valence-electron chi connectivity index (χ0n) is 7.68. The van der Waals surface area contributed by atoms with Crippen LogP contribution in [-0.4, -0.2) is 11.3 Å². The van der Waals surface area contributed by atoms with Gasteiger partial charge in [0.2, 0.25) is 0 Å². The molecule has 0 amide bonds. The van der Waals surface area contributed by atoms with Gasteiger partial charge in [-0.1, -0.05) is 0 Å². The average Bonchev–Trinajstić information content (AvgIpc) is 2.15. The van der Waals surface area contributed by atoms with Crippen LogP contribution in [0.1, 0.15) is 34.8 Å². The molecule has 6 heteroatoms. The number of carbonyl (C=O) groups excluding carboxylic acids is 1. The summed E-state index contributed by atoms with van der Waals surface area (Å²) in [6, 6.07) is 1.56. The highest BCUT2D eigenvalue weighted by Gasteiger charge is 2.33. The Morgan fingerprint density at radius 1 is 1.40 bits per heavy atom. The van der Waals surface area contributed by atoms with Crippen molar-refractivity contribution in [2.24, 2.45) is 0 Å². The highest BCUT2D eigenvalue weighted by molar-refractivity contribution is 5.76. The molecule has 0 unspecified atom stereocenters. The maximum Gasteiger partial charge on any atom is 0.433 e. The molecule has 0 fully saturated rings. The second-order valence-electron chi connectivity index (χ2n) is 2.90. The molecule has 0 aliphatic heterocycles. The first-order valence-corrected chi connectivity index (χ1v) is 4.03. The summed E-state index contributed by atoms with van der Waals surface area (Å²) in [4.78, 5) is 13.5. The van der Waals surface area contributed by atoms with Gasteiger partial charge in [-0.25, -0.2) is 9.37 Å². The Labute approximate surface area is 82.9 Å². The summed E-state index contributed by atoms with van der Waals surface area (Å²) in [6.45, 7) is 1.02. The molecule has 0 aliphatic carbocycles. The van der Waals surface area contributed by atoms with Crippen LogP contribution in [0.25, 0.3) is 0 Å². The predicted molar refractivity (Wildman–Crippen MR) is 44.1 cm³/mol. The van der Waals surface area contributed by atoms with E-state index in [2.05, 4.69) is 4.98 Å². The standard InChI is InChI=1S/C9H7F4NO/c1-5(10)8-6(4-15)2-3-7(14-8)9(11,12)13/h2-5H,1H3/t5-/m1/s1. The minimum Gasteiger partial charge on any atom is -0.298 e. The number of halogens is 4. The summed E-state index contributed by atoms with van der Waals surface area (Å²) in [6.07, 6.45) is -6.07. The number of aromatic nitrogens is 1. The Kier molecular flexibility index (Phi) is 3.06. The topological polar surface area (TPSA) is 30.0 Å². The van der Waals surface area contributed by atoms with Gasteiger partial charge in [-0.2, -0.15) is 13.2 Å². The maximum absolute atomic E-state index is 12.9. The van der Waals surface area contributed by atoms with Crippen LogP contribution in [0.2, 0.25) is 0 Å². The van der Waals surface area contributed by atoms with E-state index in [4.69, 9.17) is 0 Å². The van der Waals surface area contributed by atoms with Crippen LogP contribution in [-0.2, 0) is 6.18 Å². The lowest BCUT2D eigenvalue weighted by molar-refractivity contribution is -0.141. The van der Waals surface area contributed by atoms with E-state index in [-0.39, 0.29) is 11.8 Å². The molecule has 0 radical (unpaired) electrons. The minimum absolute atomic E-state index is 0.169. The third-order valence-corrected chi connectivity index (χ3v) is 1.75. The Morgan fingerprint density at radius 3 is 2.40 bits per heavy atom. The normalized spacial score (nSPS) is 13.7. The third-order valence-electron chi connectivity index (χ3n) is 1.75. The molecule has 0 spiro atoms. The van der Waals surface area contributed by atoms with Gasteiger partial charge >= 0.3 is 6.18 Å². The Morgan fingerprint density at radius 2 is 2.00 bits per heavy atom. The summed E-state index contributed by atoms with van der Waals surface area (Å²) in [5.41, 5.74) is -1.86. The zero-order chi connectivity index (χ0) is 11.6. The lowest BCUT2D eigenvalue weighted by Gasteiger charge is -2.10. The molecule has 0 aromatic carbocycles. The van der Waals surface area contributed by atoms with Gasteiger partial charge in [-0.3, -0.25) is 4.79 Å². The fraction of sp³-hybridized carbons (Fsp3) is 0.333. The molecule has 1 rings (SSSR count). The fourth-order valence-electron chi connectivity index (χ4n) is 1.06. The molecule has 0 aliphatic rings. The third kappa shape index (κ3) is 2.51. The second-order valence-corrected chi connectivity index (χ2v) is 2.90. The largest absolute Gasteiger partial charge is 0.433 e. The second kappa shape index (κ2) is 3.96. The van der Waals surface area contributed by atoms with Crippen molar-refractivity contribution >= 4 is 6.29 Å². The molecule has 1 aromatic heterocycles. The average molecular weight is 221 g/mol. The van der Waals surface area contributed by atoms with Gasteiger partial charge in [0.25, 0.3) is 0 Å². The van der Waals surface area contributed by atoms with Crippen molar-refractivity contribution in [3.8, 4) is 0 Å². The van der Waals surface area contributed by atoms with Crippen LogP contribution in [0.5, 0.6) is 0 Å². The monoisotopic (exact) mass is 221 g/mol. The first kappa shape index (κ1) is 11.6. The van der Waals surface area contributed by atoms with E-state index in [0.29, 0.717) is 6.07 Å². The fourth-order valence-corrected chi connectivity index (χ4v) is 1.06. The summed E-state index contributed by atoms with van der Waals surface area (Å²) in [5.74, 6) is 0. The number of aldehydes is 1. The molecule has 0 N–H and O–H groups in total. The van der Waals surface area contributed by atoms with Gasteiger partial charge < -0.3 is 0 Å². The first-order chi connectivity index (χ1) is 6.86. The Hall–Kier alpha value is -1.46. The molecule has 0 bridgehead atoms. The lowest BCUT2D eigenvalue weighted by atomic mass is 10.1. The van der Waals surface area contributed by atoms with Gasteiger partial charge in [0, 0.05) is 5.56 Å². The molecular weight excluding hydrogens is 214 g/mol. The number of alkyl halides is 4. The van der Waals surface area contributed by atoms with Gasteiger partial charge in [0.15, 0.2) is 6.29 Å². The molecule has 1 atom stereocenters.